The lowest BCUT2D eigenvalue weighted by molar-refractivity contribution is -0.131. The van der Waals surface area contributed by atoms with Crippen molar-refractivity contribution in [1.82, 2.24) is 14.9 Å². The number of carbonyl (C=O) groups is 1. The minimum Gasteiger partial charge on any atom is -0.478 e. The van der Waals surface area contributed by atoms with Gasteiger partial charge in [0, 0.05) is 44.1 Å². The Morgan fingerprint density at radius 1 is 1.44 bits per heavy atom. The fourth-order valence-corrected chi connectivity index (χ4v) is 3.06. The molecule has 0 bridgehead atoms. The van der Waals surface area contributed by atoms with Crippen LogP contribution in [0.25, 0.3) is 6.08 Å². The van der Waals surface area contributed by atoms with Crippen molar-refractivity contribution in [3.63, 3.8) is 0 Å². The molecule has 1 aliphatic rings. The number of halogens is 1. The Morgan fingerprint density at radius 3 is 3.04 bits per heavy atom. The summed E-state index contributed by atoms with van der Waals surface area (Å²) in [5.41, 5.74) is 1.72. The molecule has 0 unspecified atom stereocenters. The number of hydrogen-bond donors (Lipinski definition) is 2. The molecule has 3 heterocycles. The average Bonchev–Trinajstić information content (AvgIpc) is 3.03. The Hall–Kier alpha value is -2.44. The Morgan fingerprint density at radius 2 is 2.32 bits per heavy atom. The van der Waals surface area contributed by atoms with Crippen molar-refractivity contribution in [3.05, 3.63) is 59.0 Å². The molecule has 0 saturated carbocycles. The molecule has 1 atom stereocenters. The van der Waals surface area contributed by atoms with Crippen molar-refractivity contribution in [2.75, 3.05) is 18.4 Å². The van der Waals surface area contributed by atoms with Gasteiger partial charge in [-0.3, -0.25) is 9.88 Å². The van der Waals surface area contributed by atoms with Gasteiger partial charge in [-0.05, 0) is 36.3 Å². The minimum absolute atomic E-state index is 0.272. The molecule has 130 valence electrons. The normalized spacial score (nSPS) is 17.9. The van der Waals surface area contributed by atoms with Gasteiger partial charge in [0.1, 0.15) is 5.82 Å². The predicted molar refractivity (Wildman–Crippen MR) is 97.5 cm³/mol. The number of carboxylic acids is 1. The topological polar surface area (TPSA) is 78.3 Å². The number of hydrogen-bond acceptors (Lipinski definition) is 5. The van der Waals surface area contributed by atoms with Gasteiger partial charge < -0.3 is 10.4 Å². The predicted octanol–water partition coefficient (Wildman–Crippen LogP) is 2.91. The number of anilines is 1. The molecule has 2 aromatic rings. The summed E-state index contributed by atoms with van der Waals surface area (Å²) in [7, 11) is 0. The van der Waals surface area contributed by atoms with E-state index in [0.717, 1.165) is 37.8 Å². The van der Waals surface area contributed by atoms with Gasteiger partial charge in [0.25, 0.3) is 0 Å². The van der Waals surface area contributed by atoms with Gasteiger partial charge in [0.05, 0.1) is 10.7 Å². The highest BCUT2D eigenvalue weighted by molar-refractivity contribution is 6.33. The number of nitrogens with one attached hydrogen (secondary N) is 1. The molecule has 0 aromatic carbocycles. The molecule has 0 aliphatic carbocycles. The molecule has 3 rings (SSSR count). The van der Waals surface area contributed by atoms with Crippen LogP contribution in [0, 0.1) is 0 Å². The smallest absolute Gasteiger partial charge is 0.328 e. The van der Waals surface area contributed by atoms with E-state index in [9.17, 15) is 4.79 Å². The first-order chi connectivity index (χ1) is 12.1. The van der Waals surface area contributed by atoms with E-state index in [1.165, 1.54) is 6.08 Å². The molecule has 25 heavy (non-hydrogen) atoms. The lowest BCUT2D eigenvalue weighted by atomic mass is 10.2. The molecule has 0 radical (unpaired) electrons. The summed E-state index contributed by atoms with van der Waals surface area (Å²) in [4.78, 5) is 21.6. The van der Waals surface area contributed by atoms with Crippen LogP contribution in [0.5, 0.6) is 0 Å². The Labute approximate surface area is 151 Å². The zero-order valence-electron chi connectivity index (χ0n) is 13.6. The zero-order valence-corrected chi connectivity index (χ0v) is 14.4. The van der Waals surface area contributed by atoms with Crippen LogP contribution in [0.2, 0.25) is 5.02 Å². The highest BCUT2D eigenvalue weighted by Crippen LogP contribution is 2.24. The zero-order chi connectivity index (χ0) is 17.6. The van der Waals surface area contributed by atoms with Gasteiger partial charge in [0.2, 0.25) is 0 Å². The summed E-state index contributed by atoms with van der Waals surface area (Å²) >= 11 is 6.26. The number of rotatable bonds is 6. The van der Waals surface area contributed by atoms with Crippen molar-refractivity contribution in [1.29, 1.82) is 0 Å². The van der Waals surface area contributed by atoms with Crippen LogP contribution in [0.3, 0.4) is 0 Å². The second-order valence-corrected chi connectivity index (χ2v) is 6.36. The molecule has 1 aliphatic heterocycles. The maximum atomic E-state index is 10.6. The number of aromatic nitrogens is 2. The second kappa shape index (κ2) is 8.09. The van der Waals surface area contributed by atoms with Crippen molar-refractivity contribution in [2.24, 2.45) is 0 Å². The maximum absolute atomic E-state index is 10.6. The highest BCUT2D eigenvalue weighted by Gasteiger charge is 2.23. The lowest BCUT2D eigenvalue weighted by Gasteiger charge is -2.17. The second-order valence-electron chi connectivity index (χ2n) is 5.96. The lowest BCUT2D eigenvalue weighted by Crippen LogP contribution is -2.26. The molecule has 1 fully saturated rings. The van der Waals surface area contributed by atoms with E-state index in [-0.39, 0.29) is 6.04 Å². The number of aliphatic carboxylic acids is 1. The summed E-state index contributed by atoms with van der Waals surface area (Å²) in [6.45, 7) is 2.72. The Balaban J connectivity index is 1.57. The van der Waals surface area contributed by atoms with Gasteiger partial charge in [-0.15, -0.1) is 0 Å². The van der Waals surface area contributed by atoms with E-state index in [4.69, 9.17) is 16.7 Å². The molecule has 0 amide bonds. The summed E-state index contributed by atoms with van der Waals surface area (Å²) in [6.07, 6.45) is 6.95. The molecule has 0 spiro atoms. The van der Waals surface area contributed by atoms with E-state index in [1.807, 2.05) is 24.4 Å². The van der Waals surface area contributed by atoms with Crippen LogP contribution in [0.15, 0.2) is 42.7 Å². The van der Waals surface area contributed by atoms with E-state index >= 15 is 0 Å². The summed E-state index contributed by atoms with van der Waals surface area (Å²) in [5.74, 6) is -0.379. The Bertz CT molecular complexity index is 767. The molecule has 2 aromatic heterocycles. The standard InChI is InChI=1S/C18H19ClN4O2/c19-16-9-13(4-5-17(24)25)10-21-18(16)22-15-6-8-23(12-15)11-14-3-1-2-7-20-14/h1-5,7,9-10,15H,6,8,11-12H2,(H,21,22)(H,24,25)/b5-4+/t15-/m1/s1. The first kappa shape index (κ1) is 17.4. The monoisotopic (exact) mass is 358 g/mol. The van der Waals surface area contributed by atoms with Gasteiger partial charge in [0.15, 0.2) is 0 Å². The van der Waals surface area contributed by atoms with Crippen LogP contribution in [0.1, 0.15) is 17.7 Å². The van der Waals surface area contributed by atoms with Gasteiger partial charge in [-0.1, -0.05) is 17.7 Å². The SMILES string of the molecule is O=C(O)/C=C/c1cnc(N[C@@H]2CCN(Cc3ccccn3)C2)c(Cl)c1. The van der Waals surface area contributed by atoms with Crippen molar-refractivity contribution < 1.29 is 9.90 Å². The summed E-state index contributed by atoms with van der Waals surface area (Å²) in [6, 6.07) is 7.92. The molecular weight excluding hydrogens is 340 g/mol. The molecule has 1 saturated heterocycles. The van der Waals surface area contributed by atoms with Crippen LogP contribution in [-0.4, -0.2) is 45.1 Å². The van der Waals surface area contributed by atoms with Crippen molar-refractivity contribution in [3.8, 4) is 0 Å². The summed E-state index contributed by atoms with van der Waals surface area (Å²) in [5, 5.41) is 12.5. The third-order valence-electron chi connectivity index (χ3n) is 4.01. The van der Waals surface area contributed by atoms with E-state index in [1.54, 1.807) is 12.3 Å². The quantitative estimate of drug-likeness (QED) is 0.773. The van der Waals surface area contributed by atoms with E-state index in [0.29, 0.717) is 16.4 Å². The summed E-state index contributed by atoms with van der Waals surface area (Å²) < 4.78 is 0. The first-order valence-corrected chi connectivity index (χ1v) is 8.43. The van der Waals surface area contributed by atoms with Crippen LogP contribution >= 0.6 is 11.6 Å². The fourth-order valence-electron chi connectivity index (χ4n) is 2.83. The van der Waals surface area contributed by atoms with Crippen molar-refractivity contribution in [2.45, 2.75) is 19.0 Å². The fraction of sp³-hybridized carbons (Fsp3) is 0.278. The highest BCUT2D eigenvalue weighted by atomic mass is 35.5. The number of pyridine rings is 2. The third kappa shape index (κ3) is 5.01. The largest absolute Gasteiger partial charge is 0.478 e. The van der Waals surface area contributed by atoms with Gasteiger partial charge >= 0.3 is 5.97 Å². The van der Waals surface area contributed by atoms with Crippen LogP contribution in [0.4, 0.5) is 5.82 Å². The first-order valence-electron chi connectivity index (χ1n) is 8.05. The average molecular weight is 359 g/mol. The third-order valence-corrected chi connectivity index (χ3v) is 4.29. The number of nitrogens with zero attached hydrogens (tertiary/aromatic N) is 3. The molecular formula is C18H19ClN4O2. The molecule has 6 nitrogen and oxygen atoms in total. The van der Waals surface area contributed by atoms with Gasteiger partial charge in [-0.25, -0.2) is 9.78 Å². The van der Waals surface area contributed by atoms with E-state index < -0.39 is 5.97 Å². The van der Waals surface area contributed by atoms with Crippen molar-refractivity contribution >= 4 is 29.5 Å². The molecule has 2 N–H and O–H groups in total. The Kier molecular flexibility index (Phi) is 5.63. The van der Waals surface area contributed by atoms with Gasteiger partial charge in [-0.2, -0.15) is 0 Å². The minimum atomic E-state index is -1.00. The number of likely N-dealkylation sites (tertiary alicyclic amines) is 1. The number of carboxylic acid groups (broad SMARTS) is 1. The van der Waals surface area contributed by atoms with Crippen LogP contribution in [-0.2, 0) is 11.3 Å². The van der Waals surface area contributed by atoms with E-state index in [2.05, 4.69) is 20.2 Å². The molecule has 7 heteroatoms. The van der Waals surface area contributed by atoms with Crippen LogP contribution < -0.4 is 5.32 Å². The maximum Gasteiger partial charge on any atom is 0.328 e.